The van der Waals surface area contributed by atoms with Gasteiger partial charge in [-0.1, -0.05) is 25.6 Å². The van der Waals surface area contributed by atoms with E-state index in [1.54, 1.807) is 11.3 Å². The normalized spacial score (nSPS) is 18.4. The molecule has 0 spiro atoms. The summed E-state index contributed by atoms with van der Waals surface area (Å²) in [5.74, 6) is -0.0491. The maximum atomic E-state index is 12.3. The van der Waals surface area contributed by atoms with Crippen LogP contribution in [-0.4, -0.2) is 15.9 Å². The molecule has 0 saturated heterocycles. The molecule has 1 amide bonds. The van der Waals surface area contributed by atoms with Gasteiger partial charge in [0, 0.05) is 11.1 Å². The van der Waals surface area contributed by atoms with Crippen molar-refractivity contribution in [3.63, 3.8) is 0 Å². The highest BCUT2D eigenvalue weighted by Crippen LogP contribution is 2.42. The first-order chi connectivity index (χ1) is 8.99. The number of carbonyl (C=O) groups excluding carboxylic acids is 1. The topological polar surface area (TPSA) is 68.0 Å². The maximum Gasteiger partial charge on any atom is 0.233 e. The molecular formula is C13H19N3OS2. The Morgan fingerprint density at radius 3 is 2.79 bits per heavy atom. The summed E-state index contributed by atoms with van der Waals surface area (Å²) in [4.78, 5) is 18.2. The van der Waals surface area contributed by atoms with Crippen LogP contribution >= 0.6 is 23.6 Å². The van der Waals surface area contributed by atoms with Crippen LogP contribution < -0.4 is 11.1 Å². The number of carbonyl (C=O) groups is 1. The summed E-state index contributed by atoms with van der Waals surface area (Å²) in [5, 5.41) is 3.93. The zero-order valence-electron chi connectivity index (χ0n) is 11.2. The summed E-state index contributed by atoms with van der Waals surface area (Å²) < 4.78 is 0. The van der Waals surface area contributed by atoms with Gasteiger partial charge >= 0.3 is 0 Å². The first kappa shape index (κ1) is 14.4. The third kappa shape index (κ3) is 2.65. The molecular weight excluding hydrogens is 278 g/mol. The number of amides is 1. The summed E-state index contributed by atoms with van der Waals surface area (Å²) >= 11 is 6.69. The summed E-state index contributed by atoms with van der Waals surface area (Å²) in [7, 11) is 0. The second kappa shape index (κ2) is 5.54. The maximum absolute atomic E-state index is 12.3. The average molecular weight is 297 g/mol. The SMILES string of the molecule is CCc1cnc(C(C)NC(=O)C2(C(N)=S)CCC2)s1. The van der Waals surface area contributed by atoms with Crippen molar-refractivity contribution in [3.05, 3.63) is 16.1 Å². The van der Waals surface area contributed by atoms with Gasteiger partial charge in [0.2, 0.25) is 5.91 Å². The van der Waals surface area contributed by atoms with Gasteiger partial charge in [-0.2, -0.15) is 0 Å². The lowest BCUT2D eigenvalue weighted by Gasteiger charge is -2.39. The van der Waals surface area contributed by atoms with Gasteiger partial charge in [0.25, 0.3) is 0 Å². The van der Waals surface area contributed by atoms with E-state index < -0.39 is 5.41 Å². The minimum atomic E-state index is -0.617. The highest BCUT2D eigenvalue weighted by molar-refractivity contribution is 7.80. The Morgan fingerprint density at radius 2 is 2.37 bits per heavy atom. The third-order valence-electron chi connectivity index (χ3n) is 3.75. The van der Waals surface area contributed by atoms with Crippen LogP contribution in [0.25, 0.3) is 0 Å². The van der Waals surface area contributed by atoms with E-state index in [1.807, 2.05) is 13.1 Å². The number of nitrogens with one attached hydrogen (secondary N) is 1. The number of nitrogens with two attached hydrogens (primary N) is 1. The Hall–Kier alpha value is -1.01. The van der Waals surface area contributed by atoms with Crippen LogP contribution in [0.1, 0.15) is 49.0 Å². The Morgan fingerprint density at radius 1 is 1.68 bits per heavy atom. The molecule has 0 aliphatic heterocycles. The van der Waals surface area contributed by atoms with Crippen LogP contribution in [0, 0.1) is 5.41 Å². The minimum Gasteiger partial charge on any atom is -0.392 e. The lowest BCUT2D eigenvalue weighted by Crippen LogP contribution is -2.53. The number of hydrogen-bond donors (Lipinski definition) is 2. The van der Waals surface area contributed by atoms with E-state index in [2.05, 4.69) is 17.2 Å². The first-order valence-corrected chi connectivity index (χ1v) is 7.77. The molecule has 1 aromatic heterocycles. The smallest absolute Gasteiger partial charge is 0.233 e. The average Bonchev–Trinajstić information content (AvgIpc) is 2.75. The summed E-state index contributed by atoms with van der Waals surface area (Å²) in [6.07, 6.45) is 5.37. The van der Waals surface area contributed by atoms with Crippen molar-refractivity contribution in [3.8, 4) is 0 Å². The summed E-state index contributed by atoms with van der Waals surface area (Å²) in [6.45, 7) is 4.04. The standard InChI is InChI=1S/C13H19N3OS2/c1-3-9-7-15-10(19-9)8(2)16-12(17)13(11(14)18)5-4-6-13/h7-8H,3-6H2,1-2H3,(H2,14,18)(H,16,17). The van der Waals surface area contributed by atoms with Crippen molar-refractivity contribution in [2.45, 2.75) is 45.6 Å². The molecule has 2 rings (SSSR count). The molecule has 0 aromatic carbocycles. The van der Waals surface area contributed by atoms with Crippen LogP contribution in [0.5, 0.6) is 0 Å². The van der Waals surface area contributed by atoms with Gasteiger partial charge in [-0.05, 0) is 26.2 Å². The van der Waals surface area contributed by atoms with Crippen LogP contribution in [0.15, 0.2) is 6.20 Å². The Kier molecular flexibility index (Phi) is 4.20. The third-order valence-corrected chi connectivity index (χ3v) is 5.47. The van der Waals surface area contributed by atoms with Gasteiger partial charge < -0.3 is 11.1 Å². The van der Waals surface area contributed by atoms with E-state index in [9.17, 15) is 4.79 Å². The van der Waals surface area contributed by atoms with Crippen LogP contribution in [0.2, 0.25) is 0 Å². The number of aryl methyl sites for hydroxylation is 1. The molecule has 1 aliphatic carbocycles. The van der Waals surface area contributed by atoms with Crippen molar-refractivity contribution < 1.29 is 4.79 Å². The highest BCUT2D eigenvalue weighted by atomic mass is 32.1. The van der Waals surface area contributed by atoms with Crippen molar-refractivity contribution in [1.29, 1.82) is 0 Å². The molecule has 1 saturated carbocycles. The molecule has 1 aromatic rings. The predicted octanol–water partition coefficient (Wildman–Crippen LogP) is 2.34. The van der Waals surface area contributed by atoms with Gasteiger partial charge in [0.1, 0.15) is 5.01 Å². The lowest BCUT2D eigenvalue weighted by atomic mass is 9.68. The predicted molar refractivity (Wildman–Crippen MR) is 81.1 cm³/mol. The summed E-state index contributed by atoms with van der Waals surface area (Å²) in [5.41, 5.74) is 5.11. The highest BCUT2D eigenvalue weighted by Gasteiger charge is 2.47. The van der Waals surface area contributed by atoms with Crippen LogP contribution in [0.3, 0.4) is 0 Å². The second-order valence-electron chi connectivity index (χ2n) is 5.01. The number of thiocarbonyl (C=S) groups is 1. The van der Waals surface area contributed by atoms with E-state index in [1.165, 1.54) is 4.88 Å². The van der Waals surface area contributed by atoms with E-state index in [0.29, 0.717) is 4.99 Å². The Balaban J connectivity index is 2.04. The fourth-order valence-electron chi connectivity index (χ4n) is 2.20. The van der Waals surface area contributed by atoms with Crippen LogP contribution in [0.4, 0.5) is 0 Å². The fourth-order valence-corrected chi connectivity index (χ4v) is 3.35. The monoisotopic (exact) mass is 297 g/mol. The van der Waals surface area contributed by atoms with Crippen LogP contribution in [-0.2, 0) is 11.2 Å². The van der Waals surface area contributed by atoms with E-state index >= 15 is 0 Å². The number of rotatable bonds is 5. The molecule has 1 unspecified atom stereocenters. The van der Waals surface area contributed by atoms with E-state index in [4.69, 9.17) is 18.0 Å². The molecule has 104 valence electrons. The Bertz CT molecular complexity index is 494. The minimum absolute atomic E-state index is 0.0491. The lowest BCUT2D eigenvalue weighted by molar-refractivity contribution is -0.131. The van der Waals surface area contributed by atoms with Gasteiger partial charge in [-0.25, -0.2) is 4.98 Å². The molecule has 3 N–H and O–H groups in total. The van der Waals surface area contributed by atoms with E-state index in [0.717, 1.165) is 30.7 Å². The quantitative estimate of drug-likeness (QED) is 0.819. The first-order valence-electron chi connectivity index (χ1n) is 6.55. The molecule has 1 aliphatic rings. The molecule has 1 fully saturated rings. The van der Waals surface area contributed by atoms with Gasteiger partial charge in [0.05, 0.1) is 16.4 Å². The fraction of sp³-hybridized carbons (Fsp3) is 0.615. The van der Waals surface area contributed by atoms with Gasteiger partial charge in [0.15, 0.2) is 0 Å². The second-order valence-corrected chi connectivity index (χ2v) is 6.60. The number of thiazole rings is 1. The summed E-state index contributed by atoms with van der Waals surface area (Å²) in [6, 6.07) is -0.0929. The molecule has 0 radical (unpaired) electrons. The Labute approximate surface area is 122 Å². The molecule has 19 heavy (non-hydrogen) atoms. The molecule has 4 nitrogen and oxygen atoms in total. The molecule has 1 atom stereocenters. The largest absolute Gasteiger partial charge is 0.392 e. The van der Waals surface area contributed by atoms with Crippen molar-refractivity contribution in [2.24, 2.45) is 11.1 Å². The zero-order chi connectivity index (χ0) is 14.0. The number of nitrogens with zero attached hydrogens (tertiary/aromatic N) is 1. The number of hydrogen-bond acceptors (Lipinski definition) is 4. The van der Waals surface area contributed by atoms with Crippen molar-refractivity contribution in [2.75, 3.05) is 0 Å². The molecule has 6 heteroatoms. The zero-order valence-corrected chi connectivity index (χ0v) is 12.9. The van der Waals surface area contributed by atoms with Gasteiger partial charge in [-0.15, -0.1) is 11.3 Å². The molecule has 1 heterocycles. The number of aromatic nitrogens is 1. The van der Waals surface area contributed by atoms with Gasteiger partial charge in [-0.3, -0.25) is 4.79 Å². The van der Waals surface area contributed by atoms with Crippen molar-refractivity contribution in [1.82, 2.24) is 10.3 Å². The van der Waals surface area contributed by atoms with Crippen molar-refractivity contribution >= 4 is 34.5 Å². The van der Waals surface area contributed by atoms with E-state index in [-0.39, 0.29) is 11.9 Å². The molecule has 0 bridgehead atoms.